The summed E-state index contributed by atoms with van der Waals surface area (Å²) in [6, 6.07) is 13.6. The van der Waals surface area contributed by atoms with E-state index in [0.717, 1.165) is 41.8 Å². The third-order valence-corrected chi connectivity index (χ3v) is 9.72. The fourth-order valence-electron chi connectivity index (χ4n) is 6.59. The van der Waals surface area contributed by atoms with Crippen LogP contribution in [0.15, 0.2) is 82.2 Å². The monoisotopic (exact) mass is 528 g/mol. The molecule has 0 amide bonds. The van der Waals surface area contributed by atoms with Gasteiger partial charge in [0.05, 0.1) is 17.0 Å². The van der Waals surface area contributed by atoms with Crippen LogP contribution in [0.25, 0.3) is 11.8 Å². The number of fused-ring (bicyclic) bond motifs is 3. The molecule has 10 heteroatoms. The number of isocyanates is 1. The number of rotatable bonds is 5. The third-order valence-electron chi connectivity index (χ3n) is 8.24. The van der Waals surface area contributed by atoms with Crippen molar-refractivity contribution in [3.63, 3.8) is 0 Å². The van der Waals surface area contributed by atoms with Gasteiger partial charge in [0.1, 0.15) is 5.92 Å². The van der Waals surface area contributed by atoms with Gasteiger partial charge in [-0.15, -0.1) is 0 Å². The molecule has 2 aliphatic carbocycles. The summed E-state index contributed by atoms with van der Waals surface area (Å²) < 4.78 is 34.9. The van der Waals surface area contributed by atoms with Crippen LogP contribution in [0.5, 0.6) is 0 Å². The van der Waals surface area contributed by atoms with E-state index in [4.69, 9.17) is 4.74 Å². The molecular formula is C28H24N4O5S. The van der Waals surface area contributed by atoms with Gasteiger partial charge < -0.3 is 10.1 Å². The standard InChI is InChI=1S/C28H24N4O5S/c33-16-30-28(32-38(35,36)20-6-2-1-3-7-20)23-21-10-8-19(22-11-9-17-5-4-14-29-25(17)31-22)15-18(21)12-13-27(23)24(28)26(34)37-27/h1-3,6-13,15,23-25,29,31-32H,4-5,14H2/t23?,24?,25?,27?,28-/m0/s1. The predicted molar refractivity (Wildman–Crippen MR) is 138 cm³/mol. The summed E-state index contributed by atoms with van der Waals surface area (Å²) in [4.78, 5) is 28.3. The molecule has 7 rings (SSSR count). The number of esters is 1. The summed E-state index contributed by atoms with van der Waals surface area (Å²) >= 11 is 0. The average Bonchev–Trinajstić information content (AvgIpc) is 2.92. The lowest BCUT2D eigenvalue weighted by Crippen LogP contribution is -2.86. The van der Waals surface area contributed by atoms with Crippen molar-refractivity contribution < 1.29 is 22.7 Å². The van der Waals surface area contributed by atoms with Gasteiger partial charge in [-0.2, -0.15) is 9.71 Å². The van der Waals surface area contributed by atoms with Crippen LogP contribution >= 0.6 is 0 Å². The van der Waals surface area contributed by atoms with Crippen LogP contribution in [0.2, 0.25) is 0 Å². The largest absolute Gasteiger partial charge is 0.452 e. The molecule has 3 N–H and O–H groups in total. The number of nitrogens with one attached hydrogen (secondary N) is 3. The zero-order valence-corrected chi connectivity index (χ0v) is 21.0. The maximum Gasteiger partial charge on any atom is 0.318 e. The van der Waals surface area contributed by atoms with E-state index in [-0.39, 0.29) is 11.1 Å². The molecule has 2 aromatic carbocycles. The van der Waals surface area contributed by atoms with Crippen LogP contribution in [0.4, 0.5) is 0 Å². The van der Waals surface area contributed by atoms with Gasteiger partial charge in [-0.05, 0) is 72.0 Å². The van der Waals surface area contributed by atoms with Crippen LogP contribution in [-0.4, -0.2) is 44.4 Å². The Hall–Kier alpha value is -3.82. The lowest BCUT2D eigenvalue weighted by molar-refractivity contribution is -0.262. The summed E-state index contributed by atoms with van der Waals surface area (Å²) in [6.07, 6.45) is 11.7. The minimum Gasteiger partial charge on any atom is -0.452 e. The number of dihydropyridines is 1. The number of nitrogens with zero attached hydrogens (tertiary/aromatic N) is 1. The van der Waals surface area contributed by atoms with Crippen molar-refractivity contribution in [2.24, 2.45) is 10.9 Å². The molecule has 3 aliphatic heterocycles. The molecule has 1 spiro atoms. The number of carbonyl (C=O) groups excluding carboxylic acids is 2. The van der Waals surface area contributed by atoms with Gasteiger partial charge in [-0.3, -0.25) is 10.1 Å². The second kappa shape index (κ2) is 8.09. The lowest BCUT2D eigenvalue weighted by Gasteiger charge is -2.68. The Morgan fingerprint density at radius 3 is 2.74 bits per heavy atom. The SMILES string of the molecule is O=C=N[C@@]1(NS(=O)(=O)c2ccccc2)C2C(=O)OC23C=Cc2cc(C4=CC=C5CCCNC5N4)ccc2C31. The first-order valence-corrected chi connectivity index (χ1v) is 14.0. The number of benzene rings is 2. The Kier molecular flexibility index (Phi) is 4.96. The zero-order valence-electron chi connectivity index (χ0n) is 20.2. The summed E-state index contributed by atoms with van der Waals surface area (Å²) in [7, 11) is -4.13. The van der Waals surface area contributed by atoms with E-state index in [1.54, 1.807) is 24.3 Å². The average molecular weight is 529 g/mol. The van der Waals surface area contributed by atoms with E-state index in [2.05, 4.69) is 32.5 Å². The molecule has 5 aliphatic rings. The molecule has 0 aromatic heterocycles. The molecule has 5 atom stereocenters. The first-order valence-electron chi connectivity index (χ1n) is 12.5. The molecule has 1 saturated carbocycles. The topological polar surface area (TPSA) is 126 Å². The Labute approximate surface area is 219 Å². The Bertz CT molecular complexity index is 1630. The van der Waals surface area contributed by atoms with Gasteiger partial charge in [-0.1, -0.05) is 42.5 Å². The molecular weight excluding hydrogens is 504 g/mol. The van der Waals surface area contributed by atoms with Crippen molar-refractivity contribution in [1.82, 2.24) is 15.4 Å². The number of hydrogen-bond acceptors (Lipinski definition) is 8. The number of carbonyl (C=O) groups is 1. The van der Waals surface area contributed by atoms with Gasteiger partial charge in [0.2, 0.25) is 16.1 Å². The minimum atomic E-state index is -4.13. The highest BCUT2D eigenvalue weighted by molar-refractivity contribution is 7.89. The first kappa shape index (κ1) is 23.3. The fraction of sp³-hybridized carbons (Fsp3) is 0.286. The smallest absolute Gasteiger partial charge is 0.318 e. The zero-order chi connectivity index (χ0) is 26.1. The number of ether oxygens (including phenoxy) is 1. The Morgan fingerprint density at radius 1 is 1.11 bits per heavy atom. The molecule has 2 saturated heterocycles. The molecule has 9 nitrogen and oxygen atoms in total. The summed E-state index contributed by atoms with van der Waals surface area (Å²) in [5, 5.41) is 7.05. The summed E-state index contributed by atoms with van der Waals surface area (Å²) in [5.74, 6) is -2.32. The molecule has 192 valence electrons. The lowest BCUT2D eigenvalue weighted by atomic mass is 9.46. The fourth-order valence-corrected chi connectivity index (χ4v) is 7.93. The van der Waals surface area contributed by atoms with Crippen molar-refractivity contribution in [3.05, 3.63) is 89.0 Å². The maximum absolute atomic E-state index is 13.4. The molecule has 3 fully saturated rings. The molecule has 38 heavy (non-hydrogen) atoms. The quantitative estimate of drug-likeness (QED) is 0.309. The molecule has 0 radical (unpaired) electrons. The van der Waals surface area contributed by atoms with Crippen LogP contribution in [-0.2, 0) is 24.3 Å². The van der Waals surface area contributed by atoms with Crippen molar-refractivity contribution in [3.8, 4) is 0 Å². The van der Waals surface area contributed by atoms with E-state index in [1.807, 2.05) is 24.3 Å². The highest BCUT2D eigenvalue weighted by Crippen LogP contribution is 2.69. The number of hydrogen-bond donors (Lipinski definition) is 3. The van der Waals surface area contributed by atoms with Crippen LogP contribution in [0, 0.1) is 5.92 Å². The van der Waals surface area contributed by atoms with Gasteiger partial charge in [0.25, 0.3) is 0 Å². The second-order valence-electron chi connectivity index (χ2n) is 10.2. The van der Waals surface area contributed by atoms with Crippen LogP contribution in [0.1, 0.15) is 35.4 Å². The molecule has 2 aromatic rings. The van der Waals surface area contributed by atoms with Crippen LogP contribution in [0.3, 0.4) is 0 Å². The van der Waals surface area contributed by atoms with E-state index < -0.39 is 39.1 Å². The first-order chi connectivity index (χ1) is 18.4. The van der Waals surface area contributed by atoms with Gasteiger partial charge >= 0.3 is 5.97 Å². The number of aliphatic imine (C=N–C) groups is 1. The van der Waals surface area contributed by atoms with E-state index in [0.29, 0.717) is 0 Å². The molecule has 0 bridgehead atoms. The second-order valence-corrected chi connectivity index (χ2v) is 11.9. The van der Waals surface area contributed by atoms with Gasteiger partial charge in [0, 0.05) is 5.70 Å². The molecule has 4 unspecified atom stereocenters. The Balaban J connectivity index is 1.29. The summed E-state index contributed by atoms with van der Waals surface area (Å²) in [6.45, 7) is 0.955. The third kappa shape index (κ3) is 3.12. The number of allylic oxidation sites excluding steroid dienone is 2. The van der Waals surface area contributed by atoms with Crippen molar-refractivity contribution in [2.75, 3.05) is 6.54 Å². The van der Waals surface area contributed by atoms with Crippen molar-refractivity contribution >= 4 is 33.8 Å². The number of sulfonamides is 1. The maximum atomic E-state index is 13.4. The normalized spacial score (nSPS) is 32.2. The predicted octanol–water partition coefficient (Wildman–Crippen LogP) is 2.31. The van der Waals surface area contributed by atoms with E-state index in [9.17, 15) is 18.0 Å². The van der Waals surface area contributed by atoms with E-state index >= 15 is 0 Å². The minimum absolute atomic E-state index is 0.00615. The van der Waals surface area contributed by atoms with Gasteiger partial charge in [0.15, 0.2) is 11.3 Å². The van der Waals surface area contributed by atoms with Crippen molar-refractivity contribution in [1.29, 1.82) is 0 Å². The number of piperidine rings is 1. The highest BCUT2D eigenvalue weighted by atomic mass is 32.2. The Morgan fingerprint density at radius 2 is 1.95 bits per heavy atom. The summed E-state index contributed by atoms with van der Waals surface area (Å²) in [5.41, 5.74) is 2.00. The highest BCUT2D eigenvalue weighted by Gasteiger charge is 2.84. The van der Waals surface area contributed by atoms with Crippen molar-refractivity contribution in [2.45, 2.75) is 41.1 Å². The van der Waals surface area contributed by atoms with Gasteiger partial charge in [-0.25, -0.2) is 13.2 Å². The molecule has 3 heterocycles. The van der Waals surface area contributed by atoms with Crippen LogP contribution < -0.4 is 15.4 Å². The van der Waals surface area contributed by atoms with E-state index in [1.165, 1.54) is 23.8 Å².